The normalized spacial score (nSPS) is 37.6. The molecule has 92 valence electrons. The fourth-order valence-electron chi connectivity index (χ4n) is 3.64. The van der Waals surface area contributed by atoms with E-state index in [1.54, 1.807) is 0 Å². The lowest BCUT2D eigenvalue weighted by molar-refractivity contribution is 0.693. The van der Waals surface area contributed by atoms with Gasteiger partial charge in [-0.25, -0.2) is 0 Å². The predicted molar refractivity (Wildman–Crippen MR) is 76.0 cm³/mol. The maximum Gasteiger partial charge on any atom is 0.00585 e. The van der Waals surface area contributed by atoms with Gasteiger partial charge in [-0.3, -0.25) is 0 Å². The Hall–Kier alpha value is -1.48. The van der Waals surface area contributed by atoms with Crippen molar-refractivity contribution in [2.45, 2.75) is 25.7 Å². The second-order valence-corrected chi connectivity index (χ2v) is 5.79. The van der Waals surface area contributed by atoms with Crippen molar-refractivity contribution in [2.24, 2.45) is 23.7 Å². The topological polar surface area (TPSA) is 0 Å². The highest BCUT2D eigenvalue weighted by molar-refractivity contribution is 5.26. The van der Waals surface area contributed by atoms with Gasteiger partial charge in [0.25, 0.3) is 0 Å². The molecular weight excluding hydrogens is 216 g/mol. The first-order valence-corrected chi connectivity index (χ1v) is 6.94. The molecule has 0 aliphatic heterocycles. The maximum absolute atomic E-state index is 3.67. The van der Waals surface area contributed by atoms with Crippen LogP contribution in [0.5, 0.6) is 0 Å². The van der Waals surface area contributed by atoms with Crippen LogP contribution in [-0.2, 0) is 0 Å². The van der Waals surface area contributed by atoms with Gasteiger partial charge >= 0.3 is 0 Å². The molecule has 4 aliphatic rings. The summed E-state index contributed by atoms with van der Waals surface area (Å²) in [7, 11) is 0. The summed E-state index contributed by atoms with van der Waals surface area (Å²) in [6.07, 6.45) is 14.4. The Morgan fingerprint density at radius 2 is 1.22 bits per heavy atom. The molecule has 2 fully saturated rings. The lowest BCUT2D eigenvalue weighted by atomic mass is 10.0. The lowest BCUT2D eigenvalue weighted by Gasteiger charge is -2.02. The molecule has 0 radical (unpaired) electrons. The van der Waals surface area contributed by atoms with Crippen LogP contribution in [0.15, 0.2) is 60.1 Å². The minimum atomic E-state index is 0.715. The molecular formula is C18H20. The van der Waals surface area contributed by atoms with Gasteiger partial charge in [0, 0.05) is 11.8 Å². The zero-order chi connectivity index (χ0) is 12.5. The van der Waals surface area contributed by atoms with Crippen molar-refractivity contribution in [1.29, 1.82) is 0 Å². The van der Waals surface area contributed by atoms with E-state index in [0.717, 1.165) is 11.8 Å². The van der Waals surface area contributed by atoms with Gasteiger partial charge in [0.2, 0.25) is 0 Å². The molecule has 0 nitrogen and oxygen atoms in total. The second kappa shape index (κ2) is 4.65. The smallest absolute Gasteiger partial charge is 0.00585 e. The van der Waals surface area contributed by atoms with Crippen LogP contribution in [-0.4, -0.2) is 0 Å². The standard InChI is InChI=1S/2C9H10/c2*1-2-8-5-7-3-4-9(8)6-7/h2*3-4,7,9H,1,5-6H2. The fraction of sp³-hybridized carbons (Fsp3) is 0.444. The summed E-state index contributed by atoms with van der Waals surface area (Å²) in [4.78, 5) is 0. The highest BCUT2D eigenvalue weighted by Crippen LogP contribution is 2.42. The first-order chi connectivity index (χ1) is 8.80. The van der Waals surface area contributed by atoms with E-state index in [2.05, 4.69) is 48.9 Å². The van der Waals surface area contributed by atoms with Crippen molar-refractivity contribution in [3.63, 3.8) is 0 Å². The molecule has 4 atom stereocenters. The molecule has 18 heavy (non-hydrogen) atoms. The van der Waals surface area contributed by atoms with Gasteiger partial charge in [-0.05, 0) is 48.7 Å². The Balaban J connectivity index is 0.000000111. The lowest BCUT2D eigenvalue weighted by Crippen LogP contribution is -1.89. The summed E-state index contributed by atoms with van der Waals surface area (Å²) in [6.45, 7) is 7.33. The Morgan fingerprint density at radius 1 is 0.778 bits per heavy atom. The SMILES string of the molecule is C=C=C1CC2C=CC1C2.C=C=C1CC2C=CC1C2. The van der Waals surface area contributed by atoms with Crippen molar-refractivity contribution in [2.75, 3.05) is 0 Å². The van der Waals surface area contributed by atoms with Crippen LogP contribution in [0.3, 0.4) is 0 Å². The molecule has 0 aromatic carbocycles. The number of hydrogen-bond donors (Lipinski definition) is 0. The van der Waals surface area contributed by atoms with E-state index < -0.39 is 0 Å². The van der Waals surface area contributed by atoms with E-state index in [-0.39, 0.29) is 0 Å². The van der Waals surface area contributed by atoms with E-state index in [1.807, 2.05) is 0 Å². The number of fused-ring (bicyclic) bond motifs is 4. The molecule has 0 aromatic rings. The Labute approximate surface area is 110 Å². The third-order valence-electron chi connectivity index (χ3n) is 4.66. The quantitative estimate of drug-likeness (QED) is 0.426. The number of allylic oxidation sites excluding steroid dienone is 6. The fourth-order valence-corrected chi connectivity index (χ4v) is 3.64. The van der Waals surface area contributed by atoms with Gasteiger partial charge in [-0.2, -0.15) is 0 Å². The van der Waals surface area contributed by atoms with Gasteiger partial charge in [0.1, 0.15) is 0 Å². The summed E-state index contributed by atoms with van der Waals surface area (Å²) in [5.74, 6) is 3.10. The first kappa shape index (κ1) is 11.6. The van der Waals surface area contributed by atoms with Crippen molar-refractivity contribution >= 4 is 0 Å². The van der Waals surface area contributed by atoms with Gasteiger partial charge < -0.3 is 0 Å². The summed E-state index contributed by atoms with van der Waals surface area (Å²) >= 11 is 0. The van der Waals surface area contributed by atoms with Gasteiger partial charge in [0.15, 0.2) is 0 Å². The summed E-state index contributed by atoms with van der Waals surface area (Å²) in [6, 6.07) is 0. The third kappa shape index (κ3) is 1.99. The zero-order valence-corrected chi connectivity index (χ0v) is 10.9. The Morgan fingerprint density at radius 3 is 1.39 bits per heavy atom. The van der Waals surface area contributed by atoms with Crippen LogP contribution >= 0.6 is 0 Å². The maximum atomic E-state index is 3.67. The molecule has 4 aliphatic carbocycles. The highest BCUT2D eigenvalue weighted by Gasteiger charge is 2.30. The van der Waals surface area contributed by atoms with Crippen LogP contribution in [0.2, 0.25) is 0 Å². The van der Waals surface area contributed by atoms with Crippen molar-refractivity contribution < 1.29 is 0 Å². The molecule has 4 bridgehead atoms. The van der Waals surface area contributed by atoms with E-state index in [4.69, 9.17) is 0 Å². The summed E-state index contributed by atoms with van der Waals surface area (Å²) < 4.78 is 0. The van der Waals surface area contributed by atoms with Gasteiger partial charge in [-0.1, -0.05) is 37.5 Å². The molecule has 0 spiro atoms. The predicted octanol–water partition coefficient (Wildman–Crippen LogP) is 4.59. The van der Waals surface area contributed by atoms with Crippen molar-refractivity contribution in [3.8, 4) is 0 Å². The molecule has 0 N–H and O–H groups in total. The largest absolute Gasteiger partial charge is 0.129 e. The van der Waals surface area contributed by atoms with Crippen LogP contribution in [0, 0.1) is 23.7 Å². The minimum Gasteiger partial charge on any atom is -0.129 e. The average Bonchev–Trinajstić information content (AvgIpc) is 3.17. The van der Waals surface area contributed by atoms with E-state index in [0.29, 0.717) is 11.8 Å². The van der Waals surface area contributed by atoms with Crippen LogP contribution in [0.1, 0.15) is 25.7 Å². The highest BCUT2D eigenvalue weighted by atomic mass is 14.3. The monoisotopic (exact) mass is 236 g/mol. The zero-order valence-electron chi connectivity index (χ0n) is 10.9. The average molecular weight is 236 g/mol. The minimum absolute atomic E-state index is 0.715. The van der Waals surface area contributed by atoms with Crippen LogP contribution in [0.25, 0.3) is 0 Å². The first-order valence-electron chi connectivity index (χ1n) is 6.94. The number of rotatable bonds is 0. The van der Waals surface area contributed by atoms with E-state index >= 15 is 0 Å². The van der Waals surface area contributed by atoms with E-state index in [1.165, 1.54) is 36.8 Å². The molecule has 0 aromatic heterocycles. The molecule has 0 saturated heterocycles. The van der Waals surface area contributed by atoms with Gasteiger partial charge in [-0.15, -0.1) is 11.5 Å². The molecule has 0 heterocycles. The third-order valence-corrected chi connectivity index (χ3v) is 4.66. The Kier molecular flexibility index (Phi) is 3.00. The second-order valence-electron chi connectivity index (χ2n) is 5.79. The summed E-state index contributed by atoms with van der Waals surface area (Å²) in [5.41, 5.74) is 8.89. The Bertz CT molecular complexity index is 456. The molecule has 2 saturated carbocycles. The van der Waals surface area contributed by atoms with E-state index in [9.17, 15) is 0 Å². The van der Waals surface area contributed by atoms with Crippen LogP contribution in [0.4, 0.5) is 0 Å². The molecule has 0 heteroatoms. The van der Waals surface area contributed by atoms with Crippen LogP contribution < -0.4 is 0 Å². The summed E-state index contributed by atoms with van der Waals surface area (Å²) in [5, 5.41) is 0. The molecule has 4 unspecified atom stereocenters. The molecule has 4 rings (SSSR count). The molecule has 0 amide bonds. The van der Waals surface area contributed by atoms with Gasteiger partial charge in [0.05, 0.1) is 0 Å². The van der Waals surface area contributed by atoms with Crippen molar-refractivity contribution in [1.82, 2.24) is 0 Å². The number of hydrogen-bond acceptors (Lipinski definition) is 0. The van der Waals surface area contributed by atoms with Crippen molar-refractivity contribution in [3.05, 3.63) is 60.1 Å².